The predicted octanol–water partition coefficient (Wildman–Crippen LogP) is 5.51. The van der Waals surface area contributed by atoms with Gasteiger partial charge in [0.25, 0.3) is 5.91 Å². The third-order valence-electron chi connectivity index (χ3n) is 6.61. The third kappa shape index (κ3) is 5.59. The number of halogens is 3. The highest BCUT2D eigenvalue weighted by atomic mass is 35.5. The summed E-state index contributed by atoms with van der Waals surface area (Å²) in [7, 11) is 1.70. The first-order chi connectivity index (χ1) is 16.3. The van der Waals surface area contributed by atoms with E-state index in [9.17, 15) is 18.7 Å². The highest BCUT2D eigenvalue weighted by Gasteiger charge is 2.33. The Labute approximate surface area is 202 Å². The maximum atomic E-state index is 14.5. The van der Waals surface area contributed by atoms with Crippen LogP contribution >= 0.6 is 11.6 Å². The Morgan fingerprint density at radius 3 is 2.62 bits per heavy atom. The quantitative estimate of drug-likeness (QED) is 0.476. The van der Waals surface area contributed by atoms with E-state index in [1.807, 2.05) is 0 Å². The number of nitrogens with zero attached hydrogens (tertiary/aromatic N) is 2. The molecule has 1 saturated heterocycles. The molecule has 0 aliphatic carbocycles. The van der Waals surface area contributed by atoms with E-state index in [0.29, 0.717) is 17.1 Å². The van der Waals surface area contributed by atoms with Crippen molar-refractivity contribution in [3.8, 4) is 5.75 Å². The molecule has 1 amide bonds. The minimum Gasteiger partial charge on any atom is -0.508 e. The average Bonchev–Trinajstić information content (AvgIpc) is 3.36. The molecule has 0 bridgehead atoms. The summed E-state index contributed by atoms with van der Waals surface area (Å²) in [5.41, 5.74) is 1.14. The molecule has 1 fully saturated rings. The molecule has 180 valence electrons. The number of piperidine rings is 1. The van der Waals surface area contributed by atoms with Crippen LogP contribution in [0.25, 0.3) is 0 Å². The van der Waals surface area contributed by atoms with Crippen LogP contribution in [-0.2, 0) is 13.0 Å². The Kier molecular flexibility index (Phi) is 7.54. The van der Waals surface area contributed by atoms with Gasteiger partial charge in [0.1, 0.15) is 17.4 Å². The number of furan rings is 1. The van der Waals surface area contributed by atoms with Crippen molar-refractivity contribution in [3.05, 3.63) is 88.3 Å². The van der Waals surface area contributed by atoms with Crippen molar-refractivity contribution in [3.63, 3.8) is 0 Å². The first-order valence-electron chi connectivity index (χ1n) is 11.3. The number of hydrogen-bond donors (Lipinski definition) is 1. The number of phenols is 1. The minimum absolute atomic E-state index is 0.109. The molecule has 1 aliphatic rings. The number of benzene rings is 2. The van der Waals surface area contributed by atoms with E-state index < -0.39 is 11.6 Å². The zero-order valence-corrected chi connectivity index (χ0v) is 19.6. The van der Waals surface area contributed by atoms with Crippen molar-refractivity contribution in [1.29, 1.82) is 0 Å². The Morgan fingerprint density at radius 2 is 1.94 bits per heavy atom. The van der Waals surface area contributed by atoms with Crippen LogP contribution in [0.5, 0.6) is 5.75 Å². The monoisotopic (exact) mass is 488 g/mol. The summed E-state index contributed by atoms with van der Waals surface area (Å²) in [6.07, 6.45) is 3.28. The van der Waals surface area contributed by atoms with Gasteiger partial charge in [-0.2, -0.15) is 0 Å². The van der Waals surface area contributed by atoms with Crippen LogP contribution < -0.4 is 0 Å². The van der Waals surface area contributed by atoms with E-state index in [-0.39, 0.29) is 35.8 Å². The fourth-order valence-corrected chi connectivity index (χ4v) is 4.87. The molecule has 1 atom stereocenters. The summed E-state index contributed by atoms with van der Waals surface area (Å²) in [5.74, 6) is -0.976. The SMILES string of the molecule is CN(C(=O)c1ccco1)[C@@H](Cc1ccc(F)cc1F)C1CCN(Cc2cc(Cl)ccc2O)CC1. The zero-order chi connectivity index (χ0) is 24.2. The van der Waals surface area contributed by atoms with Crippen molar-refractivity contribution in [2.75, 3.05) is 20.1 Å². The molecule has 5 nitrogen and oxygen atoms in total. The van der Waals surface area contributed by atoms with Gasteiger partial charge in [-0.05, 0) is 80.2 Å². The molecule has 1 N–H and O–H groups in total. The summed E-state index contributed by atoms with van der Waals surface area (Å²) in [6.45, 7) is 2.07. The van der Waals surface area contributed by atoms with Crippen LogP contribution in [0.4, 0.5) is 8.78 Å². The summed E-state index contributed by atoms with van der Waals surface area (Å²) < 4.78 is 33.2. The maximum Gasteiger partial charge on any atom is 0.289 e. The van der Waals surface area contributed by atoms with Gasteiger partial charge in [-0.15, -0.1) is 0 Å². The lowest BCUT2D eigenvalue weighted by Gasteiger charge is -2.40. The second-order valence-corrected chi connectivity index (χ2v) is 9.22. The molecule has 1 aliphatic heterocycles. The highest BCUT2D eigenvalue weighted by molar-refractivity contribution is 6.30. The fraction of sp³-hybridized carbons (Fsp3) is 0.346. The predicted molar refractivity (Wildman–Crippen MR) is 126 cm³/mol. The Morgan fingerprint density at radius 1 is 1.18 bits per heavy atom. The number of likely N-dealkylation sites (N-methyl/N-ethyl adjacent to an activating group) is 1. The van der Waals surface area contributed by atoms with Gasteiger partial charge in [0, 0.05) is 36.3 Å². The molecule has 3 aromatic rings. The van der Waals surface area contributed by atoms with Gasteiger partial charge < -0.3 is 14.4 Å². The van der Waals surface area contributed by atoms with E-state index >= 15 is 0 Å². The minimum atomic E-state index is -0.629. The number of rotatable bonds is 7. The van der Waals surface area contributed by atoms with Crippen molar-refractivity contribution >= 4 is 17.5 Å². The van der Waals surface area contributed by atoms with E-state index in [0.717, 1.165) is 37.6 Å². The number of likely N-dealkylation sites (tertiary alicyclic amines) is 1. The fourth-order valence-electron chi connectivity index (χ4n) is 4.67. The van der Waals surface area contributed by atoms with Crippen LogP contribution in [0.15, 0.2) is 59.2 Å². The van der Waals surface area contributed by atoms with Crippen molar-refractivity contribution in [1.82, 2.24) is 9.80 Å². The average molecular weight is 489 g/mol. The number of carbonyl (C=O) groups excluding carboxylic acids is 1. The number of phenolic OH excluding ortho intramolecular Hbond substituents is 1. The van der Waals surface area contributed by atoms with Gasteiger partial charge in [-0.3, -0.25) is 9.69 Å². The van der Waals surface area contributed by atoms with E-state index in [1.54, 1.807) is 42.3 Å². The maximum absolute atomic E-state index is 14.5. The molecule has 0 saturated carbocycles. The number of aromatic hydroxyl groups is 1. The van der Waals surface area contributed by atoms with Crippen LogP contribution in [0.3, 0.4) is 0 Å². The third-order valence-corrected chi connectivity index (χ3v) is 6.84. The summed E-state index contributed by atoms with van der Waals surface area (Å²) in [4.78, 5) is 16.9. The van der Waals surface area contributed by atoms with E-state index in [2.05, 4.69) is 4.90 Å². The number of hydrogen-bond acceptors (Lipinski definition) is 4. The summed E-state index contributed by atoms with van der Waals surface area (Å²) in [6, 6.07) is 11.5. The molecule has 2 aromatic carbocycles. The lowest BCUT2D eigenvalue weighted by Crippen LogP contribution is -2.47. The molecule has 8 heteroatoms. The molecule has 0 radical (unpaired) electrons. The van der Waals surface area contributed by atoms with E-state index in [4.69, 9.17) is 16.0 Å². The van der Waals surface area contributed by atoms with Gasteiger partial charge in [0.05, 0.1) is 6.26 Å². The van der Waals surface area contributed by atoms with Crippen molar-refractivity contribution in [2.24, 2.45) is 5.92 Å². The first-order valence-corrected chi connectivity index (χ1v) is 11.6. The Balaban J connectivity index is 1.49. The largest absolute Gasteiger partial charge is 0.508 e. The van der Waals surface area contributed by atoms with Crippen LogP contribution in [0.2, 0.25) is 5.02 Å². The molecular formula is C26H27ClF2N2O3. The molecule has 2 heterocycles. The Bertz CT molecular complexity index is 1130. The van der Waals surface area contributed by atoms with Crippen LogP contribution in [0.1, 0.15) is 34.5 Å². The lowest BCUT2D eigenvalue weighted by atomic mass is 9.84. The van der Waals surface area contributed by atoms with Crippen LogP contribution in [-0.4, -0.2) is 47.0 Å². The lowest BCUT2D eigenvalue weighted by molar-refractivity contribution is 0.0554. The normalized spacial score (nSPS) is 15.9. The van der Waals surface area contributed by atoms with Gasteiger partial charge in [0.2, 0.25) is 0 Å². The number of carbonyl (C=O) groups is 1. The second kappa shape index (κ2) is 10.6. The molecule has 4 rings (SSSR count). The molecule has 0 unspecified atom stereocenters. The number of amides is 1. The molecular weight excluding hydrogens is 462 g/mol. The topological polar surface area (TPSA) is 56.9 Å². The zero-order valence-electron chi connectivity index (χ0n) is 18.9. The standard InChI is InChI=1S/C26H27ClF2N2O3/c1-30(26(33)25-3-2-12-34-25)23(14-18-4-6-21(28)15-22(18)29)17-8-10-31(11-9-17)16-19-13-20(27)5-7-24(19)32/h2-7,12-13,15,17,23,32H,8-11,14,16H2,1H3/t23-/m0/s1. The molecule has 1 aromatic heterocycles. The molecule has 0 spiro atoms. The summed E-state index contributed by atoms with van der Waals surface area (Å²) >= 11 is 6.08. The van der Waals surface area contributed by atoms with Gasteiger partial charge in [-0.1, -0.05) is 17.7 Å². The smallest absolute Gasteiger partial charge is 0.289 e. The Hall–Kier alpha value is -2.90. The van der Waals surface area contributed by atoms with Crippen molar-refractivity contribution < 1.29 is 23.1 Å². The van der Waals surface area contributed by atoms with Gasteiger partial charge in [-0.25, -0.2) is 8.78 Å². The first kappa shape index (κ1) is 24.2. The highest BCUT2D eigenvalue weighted by Crippen LogP contribution is 2.30. The summed E-state index contributed by atoms with van der Waals surface area (Å²) in [5, 5.41) is 10.7. The second-order valence-electron chi connectivity index (χ2n) is 8.79. The van der Waals surface area contributed by atoms with Gasteiger partial charge >= 0.3 is 0 Å². The van der Waals surface area contributed by atoms with Crippen molar-refractivity contribution in [2.45, 2.75) is 31.8 Å². The molecule has 34 heavy (non-hydrogen) atoms. The van der Waals surface area contributed by atoms with E-state index in [1.165, 1.54) is 18.4 Å². The van der Waals surface area contributed by atoms with Crippen LogP contribution in [0, 0.1) is 17.6 Å². The van der Waals surface area contributed by atoms with Gasteiger partial charge in [0.15, 0.2) is 5.76 Å².